The molecule has 1 fully saturated rings. The minimum atomic E-state index is 0.541. The number of rotatable bonds is 4. The highest BCUT2D eigenvalue weighted by Gasteiger charge is 2.23. The molecule has 0 unspecified atom stereocenters. The van der Waals surface area contributed by atoms with Gasteiger partial charge in [0.25, 0.3) is 0 Å². The average Bonchev–Trinajstić information content (AvgIpc) is 2.80. The Bertz CT molecular complexity index is 578. The molecule has 1 aliphatic heterocycles. The van der Waals surface area contributed by atoms with Crippen LogP contribution in [0.5, 0.6) is 0 Å². The first-order chi connectivity index (χ1) is 10.2. The molecule has 1 atom stereocenters. The molecule has 5 nitrogen and oxygen atoms in total. The highest BCUT2D eigenvalue weighted by atomic mass is 15.4. The van der Waals surface area contributed by atoms with Gasteiger partial charge in [-0.2, -0.15) is 5.10 Å². The third-order valence-electron chi connectivity index (χ3n) is 4.20. The van der Waals surface area contributed by atoms with Crippen molar-refractivity contribution in [3.63, 3.8) is 0 Å². The number of pyridine rings is 1. The maximum absolute atomic E-state index is 4.51. The Morgan fingerprint density at radius 2 is 2.19 bits per heavy atom. The molecule has 0 amide bonds. The van der Waals surface area contributed by atoms with Crippen molar-refractivity contribution in [1.82, 2.24) is 24.6 Å². The third kappa shape index (κ3) is 3.47. The van der Waals surface area contributed by atoms with E-state index in [-0.39, 0.29) is 0 Å². The Morgan fingerprint density at radius 3 is 2.90 bits per heavy atom. The first-order valence-corrected chi connectivity index (χ1v) is 7.73. The van der Waals surface area contributed by atoms with Crippen molar-refractivity contribution in [2.24, 2.45) is 0 Å². The number of aromatic nitrogens is 4. The molecule has 0 spiro atoms. The fourth-order valence-corrected chi connectivity index (χ4v) is 3.13. The van der Waals surface area contributed by atoms with E-state index in [1.807, 2.05) is 32.3 Å². The van der Waals surface area contributed by atoms with Crippen molar-refractivity contribution in [3.05, 3.63) is 41.7 Å². The van der Waals surface area contributed by atoms with Gasteiger partial charge in [0.15, 0.2) is 0 Å². The van der Waals surface area contributed by atoms with E-state index in [4.69, 9.17) is 0 Å². The molecule has 0 aliphatic carbocycles. The molecule has 0 saturated carbocycles. The summed E-state index contributed by atoms with van der Waals surface area (Å²) in [5.74, 6) is 1.88. The zero-order valence-corrected chi connectivity index (χ0v) is 12.9. The molecule has 3 rings (SSSR count). The minimum Gasteiger partial charge on any atom is -0.294 e. The Labute approximate surface area is 126 Å². The number of likely N-dealkylation sites (tertiary alicyclic amines) is 1. The molecule has 2 aromatic rings. The fourth-order valence-electron chi connectivity index (χ4n) is 3.13. The summed E-state index contributed by atoms with van der Waals surface area (Å²) in [4.78, 5) is 11.2. The summed E-state index contributed by atoms with van der Waals surface area (Å²) in [7, 11) is 0. The first kappa shape index (κ1) is 14.2. The molecular formula is C16H23N5. The van der Waals surface area contributed by atoms with Crippen molar-refractivity contribution in [3.8, 4) is 0 Å². The standard InChI is InChI=1S/C16H23N5/c1-13-18-14(2)21(19-13)12-16-7-3-4-9-20(16)11-15-6-5-8-17-10-15/h5-6,8,10,16H,3-4,7,9,11-12H2,1-2H3/t16-/m1/s1. The van der Waals surface area contributed by atoms with Crippen LogP contribution in [-0.4, -0.2) is 37.2 Å². The molecule has 0 N–H and O–H groups in total. The molecule has 112 valence electrons. The number of aryl methyl sites for hydroxylation is 2. The second-order valence-electron chi connectivity index (χ2n) is 5.87. The van der Waals surface area contributed by atoms with Crippen molar-refractivity contribution in [2.45, 2.75) is 52.2 Å². The van der Waals surface area contributed by atoms with Crippen LogP contribution in [0.25, 0.3) is 0 Å². The van der Waals surface area contributed by atoms with Gasteiger partial charge >= 0.3 is 0 Å². The molecule has 21 heavy (non-hydrogen) atoms. The van der Waals surface area contributed by atoms with Gasteiger partial charge in [-0.3, -0.25) is 9.88 Å². The van der Waals surface area contributed by atoms with E-state index >= 15 is 0 Å². The van der Waals surface area contributed by atoms with Gasteiger partial charge in [0.05, 0.1) is 6.54 Å². The molecule has 0 radical (unpaired) electrons. The lowest BCUT2D eigenvalue weighted by Crippen LogP contribution is -2.41. The van der Waals surface area contributed by atoms with E-state index < -0.39 is 0 Å². The lowest BCUT2D eigenvalue weighted by molar-refractivity contribution is 0.121. The smallest absolute Gasteiger partial charge is 0.147 e. The predicted octanol–water partition coefficient (Wildman–Crippen LogP) is 2.34. The number of nitrogens with zero attached hydrogens (tertiary/aromatic N) is 5. The SMILES string of the molecule is Cc1nc(C)n(C[C@H]2CCCCN2Cc2cccnc2)n1. The Hall–Kier alpha value is -1.75. The highest BCUT2D eigenvalue weighted by molar-refractivity contribution is 5.08. The molecule has 1 saturated heterocycles. The van der Waals surface area contributed by atoms with Crippen LogP contribution < -0.4 is 0 Å². The molecule has 0 bridgehead atoms. The quantitative estimate of drug-likeness (QED) is 0.865. The zero-order valence-electron chi connectivity index (χ0n) is 12.9. The summed E-state index contributed by atoms with van der Waals surface area (Å²) in [5.41, 5.74) is 1.29. The maximum Gasteiger partial charge on any atom is 0.147 e. The molecule has 2 aromatic heterocycles. The lowest BCUT2D eigenvalue weighted by atomic mass is 10.0. The van der Waals surface area contributed by atoms with Gasteiger partial charge in [0.2, 0.25) is 0 Å². The minimum absolute atomic E-state index is 0.541. The van der Waals surface area contributed by atoms with E-state index in [0.29, 0.717) is 6.04 Å². The Balaban J connectivity index is 1.71. The van der Waals surface area contributed by atoms with Gasteiger partial charge in [-0.1, -0.05) is 12.5 Å². The van der Waals surface area contributed by atoms with Gasteiger partial charge in [-0.05, 0) is 44.9 Å². The number of hydrogen-bond acceptors (Lipinski definition) is 4. The Morgan fingerprint density at radius 1 is 1.29 bits per heavy atom. The van der Waals surface area contributed by atoms with Crippen LogP contribution in [0.2, 0.25) is 0 Å². The van der Waals surface area contributed by atoms with Crippen molar-refractivity contribution >= 4 is 0 Å². The van der Waals surface area contributed by atoms with E-state index in [1.54, 1.807) is 0 Å². The molecule has 0 aromatic carbocycles. The van der Waals surface area contributed by atoms with Gasteiger partial charge in [-0.15, -0.1) is 0 Å². The van der Waals surface area contributed by atoms with E-state index in [0.717, 1.165) is 31.3 Å². The van der Waals surface area contributed by atoms with Gasteiger partial charge in [0, 0.05) is 25.0 Å². The molecule has 1 aliphatic rings. The normalized spacial score (nSPS) is 19.8. The van der Waals surface area contributed by atoms with E-state index in [9.17, 15) is 0 Å². The third-order valence-corrected chi connectivity index (χ3v) is 4.20. The van der Waals surface area contributed by atoms with Crippen molar-refractivity contribution < 1.29 is 0 Å². The fraction of sp³-hybridized carbons (Fsp3) is 0.562. The summed E-state index contributed by atoms with van der Waals surface area (Å²) in [6.07, 6.45) is 7.63. The maximum atomic E-state index is 4.51. The van der Waals surface area contributed by atoms with E-state index in [2.05, 4.69) is 30.7 Å². The van der Waals surface area contributed by atoms with Crippen LogP contribution >= 0.6 is 0 Å². The van der Waals surface area contributed by atoms with E-state index in [1.165, 1.54) is 24.8 Å². The number of piperidine rings is 1. The van der Waals surface area contributed by atoms with Crippen LogP contribution in [0.3, 0.4) is 0 Å². The van der Waals surface area contributed by atoms with Crippen LogP contribution in [0.15, 0.2) is 24.5 Å². The van der Waals surface area contributed by atoms with Crippen molar-refractivity contribution in [2.75, 3.05) is 6.54 Å². The first-order valence-electron chi connectivity index (χ1n) is 7.73. The molecular weight excluding hydrogens is 262 g/mol. The van der Waals surface area contributed by atoms with Crippen LogP contribution in [-0.2, 0) is 13.1 Å². The van der Waals surface area contributed by atoms with Crippen LogP contribution in [0.4, 0.5) is 0 Å². The van der Waals surface area contributed by atoms with Crippen molar-refractivity contribution in [1.29, 1.82) is 0 Å². The predicted molar refractivity (Wildman–Crippen MR) is 81.8 cm³/mol. The van der Waals surface area contributed by atoms with Crippen LogP contribution in [0, 0.1) is 13.8 Å². The zero-order chi connectivity index (χ0) is 14.7. The summed E-state index contributed by atoms with van der Waals surface area (Å²) in [6, 6.07) is 4.71. The lowest BCUT2D eigenvalue weighted by Gasteiger charge is -2.35. The number of hydrogen-bond donors (Lipinski definition) is 0. The van der Waals surface area contributed by atoms with Gasteiger partial charge < -0.3 is 0 Å². The van der Waals surface area contributed by atoms with Gasteiger partial charge in [0.1, 0.15) is 11.6 Å². The monoisotopic (exact) mass is 285 g/mol. The summed E-state index contributed by atoms with van der Waals surface area (Å²) >= 11 is 0. The average molecular weight is 285 g/mol. The summed E-state index contributed by atoms with van der Waals surface area (Å²) in [5, 5.41) is 4.51. The second-order valence-corrected chi connectivity index (χ2v) is 5.87. The summed E-state index contributed by atoms with van der Waals surface area (Å²) in [6.45, 7) is 7.07. The topological polar surface area (TPSA) is 46.8 Å². The second kappa shape index (κ2) is 6.35. The van der Waals surface area contributed by atoms with Gasteiger partial charge in [-0.25, -0.2) is 9.67 Å². The molecule has 5 heteroatoms. The molecule has 3 heterocycles. The Kier molecular flexibility index (Phi) is 4.29. The largest absolute Gasteiger partial charge is 0.294 e. The highest BCUT2D eigenvalue weighted by Crippen LogP contribution is 2.21. The van der Waals surface area contributed by atoms with Crippen LogP contribution in [0.1, 0.15) is 36.5 Å². The summed E-state index contributed by atoms with van der Waals surface area (Å²) < 4.78 is 2.06.